The average Bonchev–Trinajstić information content (AvgIpc) is 2.80. The van der Waals surface area contributed by atoms with Crippen LogP contribution in [0.1, 0.15) is 26.4 Å². The van der Waals surface area contributed by atoms with Crippen molar-refractivity contribution in [3.63, 3.8) is 0 Å². The van der Waals surface area contributed by atoms with E-state index in [0.29, 0.717) is 33.4 Å². The third kappa shape index (κ3) is 1.83. The molecule has 0 bridgehead atoms. The van der Waals surface area contributed by atoms with Gasteiger partial charge in [0.05, 0.1) is 28.0 Å². The van der Waals surface area contributed by atoms with Crippen molar-refractivity contribution in [3.05, 3.63) is 65.4 Å². The van der Waals surface area contributed by atoms with E-state index in [2.05, 4.69) is 4.98 Å². The zero-order valence-electron chi connectivity index (χ0n) is 12.3. The molecule has 0 spiro atoms. The van der Waals surface area contributed by atoms with Crippen molar-refractivity contribution in [1.29, 1.82) is 0 Å². The van der Waals surface area contributed by atoms with Gasteiger partial charge in [0.1, 0.15) is 5.75 Å². The van der Waals surface area contributed by atoms with Crippen molar-refractivity contribution in [1.82, 2.24) is 4.98 Å². The standard InChI is InChI=1S/C18H12N2O3/c1-10-15-16(13-7-2-3-8-14(13)19-10)18(23)20(17(15)22)11-5-4-6-12(21)9-11/h2-9,21H,1H3. The number of phenols is 1. The van der Waals surface area contributed by atoms with E-state index >= 15 is 0 Å². The van der Waals surface area contributed by atoms with E-state index in [-0.39, 0.29) is 5.75 Å². The molecule has 0 fully saturated rings. The molecule has 1 aliphatic rings. The Labute approximate surface area is 131 Å². The second kappa shape index (κ2) is 4.64. The number of aromatic hydroxyl groups is 1. The number of pyridine rings is 1. The minimum atomic E-state index is -0.411. The second-order valence-corrected chi connectivity index (χ2v) is 5.43. The Morgan fingerprint density at radius 1 is 0.957 bits per heavy atom. The fraction of sp³-hybridized carbons (Fsp3) is 0.0556. The maximum atomic E-state index is 12.9. The fourth-order valence-electron chi connectivity index (χ4n) is 3.00. The second-order valence-electron chi connectivity index (χ2n) is 5.43. The lowest BCUT2D eigenvalue weighted by Gasteiger charge is -2.13. The van der Waals surface area contributed by atoms with Gasteiger partial charge in [-0.05, 0) is 25.1 Å². The highest BCUT2D eigenvalue weighted by Gasteiger charge is 2.40. The molecule has 0 aliphatic carbocycles. The van der Waals surface area contributed by atoms with Gasteiger partial charge in [0, 0.05) is 11.5 Å². The number of carbonyl (C=O) groups excluding carboxylic acids is 2. The van der Waals surface area contributed by atoms with Gasteiger partial charge in [-0.25, -0.2) is 4.90 Å². The zero-order valence-corrected chi connectivity index (χ0v) is 12.3. The Kier molecular flexibility index (Phi) is 2.72. The molecule has 1 N–H and O–H groups in total. The summed E-state index contributed by atoms with van der Waals surface area (Å²) in [7, 11) is 0. The van der Waals surface area contributed by atoms with E-state index in [9.17, 15) is 14.7 Å². The summed E-state index contributed by atoms with van der Waals surface area (Å²) in [6.07, 6.45) is 0. The lowest BCUT2D eigenvalue weighted by Crippen LogP contribution is -2.29. The topological polar surface area (TPSA) is 70.5 Å². The number of aromatic nitrogens is 1. The van der Waals surface area contributed by atoms with Crippen molar-refractivity contribution < 1.29 is 14.7 Å². The van der Waals surface area contributed by atoms with Crippen molar-refractivity contribution >= 4 is 28.4 Å². The molecule has 2 heterocycles. The van der Waals surface area contributed by atoms with Gasteiger partial charge in [0.25, 0.3) is 11.8 Å². The molecule has 5 heteroatoms. The summed E-state index contributed by atoms with van der Waals surface area (Å²) in [5, 5.41) is 10.3. The van der Waals surface area contributed by atoms with Crippen molar-refractivity contribution in [2.24, 2.45) is 0 Å². The molecule has 0 saturated carbocycles. The number of nitrogens with zero attached hydrogens (tertiary/aromatic N) is 2. The summed E-state index contributed by atoms with van der Waals surface area (Å²) in [5.74, 6) is -0.803. The molecule has 0 unspecified atom stereocenters. The van der Waals surface area contributed by atoms with Crippen LogP contribution in [0.25, 0.3) is 10.9 Å². The highest BCUT2D eigenvalue weighted by molar-refractivity contribution is 6.37. The van der Waals surface area contributed by atoms with E-state index in [1.54, 1.807) is 25.1 Å². The van der Waals surface area contributed by atoms with Gasteiger partial charge in [-0.2, -0.15) is 0 Å². The Bertz CT molecular complexity index is 995. The third-order valence-corrected chi connectivity index (χ3v) is 4.00. The highest BCUT2D eigenvalue weighted by atomic mass is 16.3. The molecule has 3 aromatic rings. The number of para-hydroxylation sites is 1. The summed E-state index contributed by atoms with van der Waals surface area (Å²) < 4.78 is 0. The summed E-state index contributed by atoms with van der Waals surface area (Å²) in [6, 6.07) is 13.4. The fourth-order valence-corrected chi connectivity index (χ4v) is 3.00. The SMILES string of the molecule is Cc1nc2ccccc2c2c1C(=O)N(c1cccc(O)c1)C2=O. The molecular formula is C18H12N2O3. The normalized spacial score (nSPS) is 13.7. The number of rotatable bonds is 1. The lowest BCUT2D eigenvalue weighted by atomic mass is 10.0. The van der Waals surface area contributed by atoms with E-state index in [1.807, 2.05) is 18.2 Å². The molecule has 2 amide bonds. The zero-order chi connectivity index (χ0) is 16.1. The molecule has 23 heavy (non-hydrogen) atoms. The van der Waals surface area contributed by atoms with E-state index in [4.69, 9.17) is 0 Å². The summed E-state index contributed by atoms with van der Waals surface area (Å²) in [4.78, 5) is 31.2. The number of fused-ring (bicyclic) bond motifs is 3. The van der Waals surface area contributed by atoms with Crippen LogP contribution in [0, 0.1) is 6.92 Å². The van der Waals surface area contributed by atoms with Crippen molar-refractivity contribution in [3.8, 4) is 5.75 Å². The van der Waals surface area contributed by atoms with Crippen LogP contribution in [0.5, 0.6) is 5.75 Å². The number of anilines is 1. The van der Waals surface area contributed by atoms with E-state index in [1.165, 1.54) is 12.1 Å². The first kappa shape index (κ1) is 13.5. The third-order valence-electron chi connectivity index (χ3n) is 4.00. The molecule has 0 atom stereocenters. The van der Waals surface area contributed by atoms with Gasteiger partial charge in [0.15, 0.2) is 0 Å². The monoisotopic (exact) mass is 304 g/mol. The number of hydrogen-bond donors (Lipinski definition) is 1. The van der Waals surface area contributed by atoms with Gasteiger partial charge in [0.2, 0.25) is 0 Å². The number of hydrogen-bond acceptors (Lipinski definition) is 4. The van der Waals surface area contributed by atoms with Gasteiger partial charge in [-0.1, -0.05) is 24.3 Å². The maximum Gasteiger partial charge on any atom is 0.268 e. The van der Waals surface area contributed by atoms with Crippen LogP contribution >= 0.6 is 0 Å². The first-order valence-corrected chi connectivity index (χ1v) is 7.15. The molecule has 1 aromatic heterocycles. The van der Waals surface area contributed by atoms with Crippen LogP contribution in [0.2, 0.25) is 0 Å². The Balaban J connectivity index is 1.99. The number of imide groups is 1. The number of aryl methyl sites for hydroxylation is 1. The number of amides is 2. The van der Waals surface area contributed by atoms with E-state index in [0.717, 1.165) is 4.90 Å². The van der Waals surface area contributed by atoms with Gasteiger partial charge < -0.3 is 5.11 Å². The molecular weight excluding hydrogens is 292 g/mol. The van der Waals surface area contributed by atoms with Crippen LogP contribution in [0.4, 0.5) is 5.69 Å². The maximum absolute atomic E-state index is 12.9. The van der Waals surface area contributed by atoms with Crippen LogP contribution in [-0.2, 0) is 0 Å². The predicted octanol–water partition coefficient (Wildman–Crippen LogP) is 3.05. The van der Waals surface area contributed by atoms with E-state index < -0.39 is 11.8 Å². The molecule has 0 saturated heterocycles. The van der Waals surface area contributed by atoms with Crippen LogP contribution in [0.15, 0.2) is 48.5 Å². The van der Waals surface area contributed by atoms with Crippen LogP contribution in [0.3, 0.4) is 0 Å². The van der Waals surface area contributed by atoms with Crippen molar-refractivity contribution in [2.45, 2.75) is 6.92 Å². The quantitative estimate of drug-likeness (QED) is 0.701. The highest BCUT2D eigenvalue weighted by Crippen LogP contribution is 2.34. The van der Waals surface area contributed by atoms with Gasteiger partial charge >= 0.3 is 0 Å². The molecule has 4 rings (SSSR count). The van der Waals surface area contributed by atoms with Crippen LogP contribution in [-0.4, -0.2) is 21.9 Å². The first-order valence-electron chi connectivity index (χ1n) is 7.15. The van der Waals surface area contributed by atoms with Gasteiger partial charge in [-0.3, -0.25) is 14.6 Å². The molecule has 5 nitrogen and oxygen atoms in total. The Morgan fingerprint density at radius 3 is 2.48 bits per heavy atom. The summed E-state index contributed by atoms with van der Waals surface area (Å²) in [6.45, 7) is 1.72. The Morgan fingerprint density at radius 2 is 1.70 bits per heavy atom. The molecule has 0 radical (unpaired) electrons. The summed E-state index contributed by atoms with van der Waals surface area (Å²) in [5.41, 5.74) is 2.26. The number of benzene rings is 2. The number of phenolic OH excluding ortho intramolecular Hbond substituents is 1. The van der Waals surface area contributed by atoms with Gasteiger partial charge in [-0.15, -0.1) is 0 Å². The van der Waals surface area contributed by atoms with Crippen molar-refractivity contribution in [2.75, 3.05) is 4.90 Å². The Hall–Kier alpha value is -3.21. The predicted molar refractivity (Wildman–Crippen MR) is 85.7 cm³/mol. The minimum absolute atomic E-state index is 0.00115. The summed E-state index contributed by atoms with van der Waals surface area (Å²) >= 11 is 0. The smallest absolute Gasteiger partial charge is 0.268 e. The van der Waals surface area contributed by atoms with Crippen LogP contribution < -0.4 is 4.90 Å². The molecule has 1 aliphatic heterocycles. The average molecular weight is 304 g/mol. The first-order chi connectivity index (χ1) is 11.1. The number of carbonyl (C=O) groups is 2. The molecule has 112 valence electrons. The lowest BCUT2D eigenvalue weighted by molar-refractivity contribution is 0.0926. The minimum Gasteiger partial charge on any atom is -0.508 e. The largest absolute Gasteiger partial charge is 0.508 e. The molecule has 2 aromatic carbocycles.